The van der Waals surface area contributed by atoms with Crippen molar-refractivity contribution in [2.24, 2.45) is 0 Å². The van der Waals surface area contributed by atoms with Gasteiger partial charge >= 0.3 is 0 Å². The molecule has 32 heavy (non-hydrogen) atoms. The fourth-order valence-electron chi connectivity index (χ4n) is 4.75. The van der Waals surface area contributed by atoms with Gasteiger partial charge in [-0.1, -0.05) is 29.8 Å². The Labute approximate surface area is 191 Å². The molecule has 2 heterocycles. The van der Waals surface area contributed by atoms with Crippen LogP contribution in [0, 0.1) is 13.8 Å². The number of aryl methyl sites for hydroxylation is 4. The van der Waals surface area contributed by atoms with Gasteiger partial charge in [-0.3, -0.25) is 14.5 Å². The quantitative estimate of drug-likeness (QED) is 0.313. The minimum atomic E-state index is -0.645. The van der Waals surface area contributed by atoms with Crippen molar-refractivity contribution in [3.05, 3.63) is 92.2 Å². The summed E-state index contributed by atoms with van der Waals surface area (Å²) >= 11 is 1.50. The van der Waals surface area contributed by atoms with Crippen LogP contribution in [0.5, 0.6) is 0 Å². The Hall–Kier alpha value is -3.18. The van der Waals surface area contributed by atoms with Gasteiger partial charge in [0.1, 0.15) is 11.8 Å². The van der Waals surface area contributed by atoms with Gasteiger partial charge in [-0.15, -0.1) is 11.3 Å². The zero-order chi connectivity index (χ0) is 22.4. The maximum atomic E-state index is 13.3. The molecule has 5 heteroatoms. The van der Waals surface area contributed by atoms with Gasteiger partial charge in [0.15, 0.2) is 0 Å². The molecule has 0 radical (unpaired) electrons. The lowest BCUT2D eigenvalue weighted by Crippen LogP contribution is -2.29. The summed E-state index contributed by atoms with van der Waals surface area (Å²) in [5.41, 5.74) is 6.01. The van der Waals surface area contributed by atoms with E-state index in [1.807, 2.05) is 67.8 Å². The van der Waals surface area contributed by atoms with Gasteiger partial charge in [-0.05, 0) is 85.9 Å². The maximum absolute atomic E-state index is 13.3. The lowest BCUT2D eigenvalue weighted by Gasteiger charge is -2.25. The van der Waals surface area contributed by atoms with Crippen LogP contribution < -0.4 is 4.90 Å². The van der Waals surface area contributed by atoms with Crippen molar-refractivity contribution in [1.82, 2.24) is 0 Å². The first kappa shape index (κ1) is 20.7. The Kier molecular flexibility index (Phi) is 5.22. The first-order chi connectivity index (χ1) is 15.5. The van der Waals surface area contributed by atoms with E-state index in [-0.39, 0.29) is 11.3 Å². The van der Waals surface area contributed by atoms with Crippen molar-refractivity contribution in [2.75, 3.05) is 4.90 Å². The standard InChI is InChI=1S/C27H25NO3S/c1-16-7-11-21(12-8-16)28-23(26-17(2)13-14-32-26)22(25(30)27(28)31)24(29)20-10-9-18-5-3-4-6-19(18)15-20/h7-15,23,29H,3-6H2,1-2H3/b24-22-. The van der Waals surface area contributed by atoms with E-state index in [1.165, 1.54) is 33.8 Å². The van der Waals surface area contributed by atoms with Crippen LogP contribution in [-0.4, -0.2) is 16.8 Å². The topological polar surface area (TPSA) is 57.6 Å². The number of amides is 1. The van der Waals surface area contributed by atoms with Gasteiger partial charge in [0, 0.05) is 16.1 Å². The van der Waals surface area contributed by atoms with Crippen molar-refractivity contribution in [1.29, 1.82) is 0 Å². The number of nitrogens with zero attached hydrogens (tertiary/aromatic N) is 1. The molecule has 1 N–H and O–H groups in total. The maximum Gasteiger partial charge on any atom is 0.300 e. The summed E-state index contributed by atoms with van der Waals surface area (Å²) in [7, 11) is 0. The molecule has 4 nitrogen and oxygen atoms in total. The zero-order valence-electron chi connectivity index (χ0n) is 18.2. The molecular weight excluding hydrogens is 418 g/mol. The van der Waals surface area contributed by atoms with Crippen LogP contribution in [-0.2, 0) is 22.4 Å². The number of Topliss-reactive ketones (excluding diaryl/α,β-unsaturated/α-hetero) is 1. The number of benzene rings is 2. The van der Waals surface area contributed by atoms with Gasteiger partial charge in [-0.2, -0.15) is 0 Å². The molecule has 1 unspecified atom stereocenters. The minimum Gasteiger partial charge on any atom is -0.507 e. The molecule has 1 saturated heterocycles. The number of hydrogen-bond acceptors (Lipinski definition) is 4. The van der Waals surface area contributed by atoms with Gasteiger partial charge in [0.05, 0.1) is 5.57 Å². The van der Waals surface area contributed by atoms with Gasteiger partial charge in [-0.25, -0.2) is 0 Å². The molecule has 0 saturated carbocycles. The molecule has 2 aliphatic rings. The highest BCUT2D eigenvalue weighted by molar-refractivity contribution is 7.10. The second kappa shape index (κ2) is 8.06. The number of carbonyl (C=O) groups excluding carboxylic acids is 2. The number of anilines is 1. The molecule has 1 aliphatic carbocycles. The number of aliphatic hydroxyl groups excluding tert-OH is 1. The highest BCUT2D eigenvalue weighted by atomic mass is 32.1. The Morgan fingerprint density at radius 1 is 0.969 bits per heavy atom. The number of ketones is 1. The van der Waals surface area contributed by atoms with Gasteiger partial charge < -0.3 is 5.11 Å². The second-order valence-electron chi connectivity index (χ2n) is 8.66. The molecule has 3 aromatic rings. The van der Waals surface area contributed by atoms with Crippen molar-refractivity contribution < 1.29 is 14.7 Å². The molecule has 1 aromatic heterocycles. The number of carbonyl (C=O) groups is 2. The molecule has 1 aliphatic heterocycles. The van der Waals surface area contributed by atoms with Crippen LogP contribution in [0.15, 0.2) is 59.5 Å². The third kappa shape index (κ3) is 3.37. The SMILES string of the molecule is Cc1ccc(N2C(=O)C(=O)/C(=C(\O)c3ccc4c(c3)CCCC4)C2c2sccc2C)cc1. The molecule has 1 fully saturated rings. The van der Waals surface area contributed by atoms with E-state index in [4.69, 9.17) is 0 Å². The average molecular weight is 444 g/mol. The Morgan fingerprint density at radius 2 is 1.69 bits per heavy atom. The average Bonchev–Trinajstić information content (AvgIpc) is 3.34. The number of thiophene rings is 1. The molecule has 2 aromatic carbocycles. The van der Waals surface area contributed by atoms with E-state index in [2.05, 4.69) is 0 Å². The summed E-state index contributed by atoms with van der Waals surface area (Å²) < 4.78 is 0. The number of aliphatic hydroxyl groups is 1. The number of rotatable bonds is 3. The van der Waals surface area contributed by atoms with Crippen molar-refractivity contribution in [2.45, 2.75) is 45.6 Å². The smallest absolute Gasteiger partial charge is 0.300 e. The summed E-state index contributed by atoms with van der Waals surface area (Å²) in [4.78, 5) is 28.9. The van der Waals surface area contributed by atoms with E-state index in [1.54, 1.807) is 0 Å². The fraction of sp³-hybridized carbons (Fsp3) is 0.259. The van der Waals surface area contributed by atoms with Crippen LogP contribution in [0.3, 0.4) is 0 Å². The van der Waals surface area contributed by atoms with E-state index in [0.29, 0.717) is 11.3 Å². The predicted molar refractivity (Wildman–Crippen MR) is 128 cm³/mol. The largest absolute Gasteiger partial charge is 0.507 e. The van der Waals surface area contributed by atoms with Crippen molar-refractivity contribution in [3.8, 4) is 0 Å². The summed E-state index contributed by atoms with van der Waals surface area (Å²) in [6.07, 6.45) is 4.32. The fourth-order valence-corrected chi connectivity index (χ4v) is 5.78. The highest BCUT2D eigenvalue weighted by Crippen LogP contribution is 2.45. The van der Waals surface area contributed by atoms with Crippen molar-refractivity contribution in [3.63, 3.8) is 0 Å². The van der Waals surface area contributed by atoms with Crippen LogP contribution in [0.1, 0.15) is 51.6 Å². The molecule has 1 atom stereocenters. The summed E-state index contributed by atoms with van der Waals surface area (Å²) in [6, 6.07) is 14.8. The van der Waals surface area contributed by atoms with E-state index < -0.39 is 17.7 Å². The first-order valence-electron chi connectivity index (χ1n) is 11.0. The van der Waals surface area contributed by atoms with Crippen LogP contribution >= 0.6 is 11.3 Å². The molecule has 1 amide bonds. The Balaban J connectivity index is 1.69. The van der Waals surface area contributed by atoms with Crippen LogP contribution in [0.25, 0.3) is 5.76 Å². The Bertz CT molecular complexity index is 1250. The van der Waals surface area contributed by atoms with E-state index in [0.717, 1.165) is 35.3 Å². The monoisotopic (exact) mass is 443 g/mol. The second-order valence-corrected chi connectivity index (χ2v) is 9.61. The summed E-state index contributed by atoms with van der Waals surface area (Å²) in [5.74, 6) is -1.34. The lowest BCUT2D eigenvalue weighted by atomic mass is 9.89. The van der Waals surface area contributed by atoms with Crippen molar-refractivity contribution >= 4 is 34.5 Å². The van der Waals surface area contributed by atoms with Gasteiger partial charge in [0.2, 0.25) is 0 Å². The van der Waals surface area contributed by atoms with Gasteiger partial charge in [0.25, 0.3) is 11.7 Å². The highest BCUT2D eigenvalue weighted by Gasteiger charge is 2.47. The third-order valence-corrected chi connectivity index (χ3v) is 7.60. The normalized spacial score (nSPS) is 19.9. The molecule has 5 rings (SSSR count). The van der Waals surface area contributed by atoms with E-state index >= 15 is 0 Å². The molecule has 162 valence electrons. The summed E-state index contributed by atoms with van der Waals surface area (Å²) in [5, 5.41) is 13.3. The number of fused-ring (bicyclic) bond motifs is 1. The molecule has 0 spiro atoms. The van der Waals surface area contributed by atoms with Crippen LogP contribution in [0.4, 0.5) is 5.69 Å². The van der Waals surface area contributed by atoms with Crippen LogP contribution in [0.2, 0.25) is 0 Å². The minimum absolute atomic E-state index is 0.0934. The lowest BCUT2D eigenvalue weighted by molar-refractivity contribution is -0.132. The summed E-state index contributed by atoms with van der Waals surface area (Å²) in [6.45, 7) is 3.95. The number of hydrogen-bond donors (Lipinski definition) is 1. The predicted octanol–water partition coefficient (Wildman–Crippen LogP) is 5.87. The Morgan fingerprint density at radius 3 is 2.38 bits per heavy atom. The zero-order valence-corrected chi connectivity index (χ0v) is 19.0. The third-order valence-electron chi connectivity index (χ3n) is 6.53. The first-order valence-corrected chi connectivity index (χ1v) is 11.9. The van der Waals surface area contributed by atoms with E-state index in [9.17, 15) is 14.7 Å². The molecular formula is C27H25NO3S. The molecule has 0 bridgehead atoms.